The maximum Gasteiger partial charge on any atom is 0.273 e. The number of thiazole rings is 1. The third-order valence-corrected chi connectivity index (χ3v) is 9.09. The first kappa shape index (κ1) is 34.5. The molecule has 3 atom stereocenters. The van der Waals surface area contributed by atoms with Crippen molar-refractivity contribution in [2.24, 2.45) is 11.8 Å². The van der Waals surface area contributed by atoms with Crippen LogP contribution in [0.3, 0.4) is 0 Å². The van der Waals surface area contributed by atoms with E-state index in [1.165, 1.54) is 21.1 Å². The molecule has 0 saturated heterocycles. The van der Waals surface area contributed by atoms with Gasteiger partial charge in [0, 0.05) is 18.0 Å². The second kappa shape index (κ2) is 14.1. The van der Waals surface area contributed by atoms with E-state index in [-0.39, 0.29) is 61.1 Å². The van der Waals surface area contributed by atoms with Crippen LogP contribution < -0.4 is 25.6 Å². The number of carbonyl (C=O) groups is 5. The quantitative estimate of drug-likeness (QED) is 0.374. The van der Waals surface area contributed by atoms with E-state index < -0.39 is 47.7 Å². The summed E-state index contributed by atoms with van der Waals surface area (Å²) in [6.45, 7) is 11.8. The van der Waals surface area contributed by atoms with E-state index in [0.29, 0.717) is 16.4 Å². The SMILES string of the molecule is Cc1ccc2c(c1)N(CC(=O)N1CC(=O)N[C@@H](C(C)C)c3nc(cs3)C(=O)N[C@H](C(C)C)c3nc(c(C)o3)C(=O)N[C@H](C)C1)C(=O)CO2. The zero-order valence-corrected chi connectivity index (χ0v) is 28.9. The van der Waals surface area contributed by atoms with Crippen molar-refractivity contribution >= 4 is 46.6 Å². The normalized spacial score (nSPS) is 20.8. The number of benzene rings is 1. The molecule has 0 spiro atoms. The number of carbonyl (C=O) groups excluding carboxylic acids is 5. The van der Waals surface area contributed by atoms with Gasteiger partial charge in [0.05, 0.1) is 18.3 Å². The lowest BCUT2D eigenvalue weighted by Gasteiger charge is -2.32. The zero-order chi connectivity index (χ0) is 34.9. The van der Waals surface area contributed by atoms with Crippen LogP contribution in [0.1, 0.15) is 89.9 Å². The Morgan fingerprint density at radius 2 is 1.73 bits per heavy atom. The number of aromatic nitrogens is 2. The molecule has 5 amide bonds. The molecule has 15 heteroatoms. The van der Waals surface area contributed by atoms with E-state index in [1.54, 1.807) is 31.4 Å². The Morgan fingerprint density at radius 1 is 1.00 bits per heavy atom. The van der Waals surface area contributed by atoms with Crippen molar-refractivity contribution in [3.8, 4) is 5.75 Å². The molecule has 0 saturated carbocycles. The van der Waals surface area contributed by atoms with E-state index in [4.69, 9.17) is 9.15 Å². The lowest BCUT2D eigenvalue weighted by Crippen LogP contribution is -2.52. The standard InChI is InChI=1S/C33H41N7O7S/c1-16(2)27-32-38-29(20(7)47-32)31(45)34-19(6)11-39(25(42)13-40-22-10-18(5)8-9-23(22)46-14-26(40)43)12-24(41)36-28(17(3)4)33-35-21(15-48-33)30(44)37-27/h8-10,15-17,19,27-28H,11-14H2,1-7H3,(H,34,45)(H,36,41)(H,37,44)/t19-,27-,28+/m1/s1. The maximum absolute atomic E-state index is 13.9. The second-order valence-electron chi connectivity index (χ2n) is 12.9. The van der Waals surface area contributed by atoms with Crippen LogP contribution in [0, 0.1) is 25.7 Å². The number of oxazole rings is 1. The predicted octanol–water partition coefficient (Wildman–Crippen LogP) is 3.07. The summed E-state index contributed by atoms with van der Waals surface area (Å²) in [5.74, 6) is -1.68. The molecule has 3 aromatic rings. The van der Waals surface area contributed by atoms with Crippen molar-refractivity contribution in [3.63, 3.8) is 0 Å². The van der Waals surface area contributed by atoms with Crippen LogP contribution in [0.4, 0.5) is 5.69 Å². The third-order valence-electron chi connectivity index (χ3n) is 8.16. The fraction of sp³-hybridized carbons (Fsp3) is 0.485. The van der Waals surface area contributed by atoms with Crippen molar-refractivity contribution < 1.29 is 33.1 Å². The summed E-state index contributed by atoms with van der Waals surface area (Å²) in [7, 11) is 0. The van der Waals surface area contributed by atoms with Gasteiger partial charge in [-0.1, -0.05) is 33.8 Å². The largest absolute Gasteiger partial charge is 0.482 e. The number of hydrogen-bond donors (Lipinski definition) is 3. The molecular weight excluding hydrogens is 638 g/mol. The van der Waals surface area contributed by atoms with Crippen LogP contribution in [0.2, 0.25) is 0 Å². The van der Waals surface area contributed by atoms with Gasteiger partial charge in [-0.15, -0.1) is 11.3 Å². The molecule has 2 aliphatic rings. The molecule has 4 bridgehead atoms. The van der Waals surface area contributed by atoms with Crippen LogP contribution in [0.5, 0.6) is 5.75 Å². The molecule has 5 rings (SSSR count). The van der Waals surface area contributed by atoms with Gasteiger partial charge in [0.1, 0.15) is 34.8 Å². The van der Waals surface area contributed by atoms with Crippen LogP contribution in [-0.2, 0) is 14.4 Å². The fourth-order valence-corrected chi connectivity index (χ4v) is 6.59. The first-order valence-electron chi connectivity index (χ1n) is 15.9. The van der Waals surface area contributed by atoms with Gasteiger partial charge >= 0.3 is 0 Å². The Balaban J connectivity index is 1.48. The highest BCUT2D eigenvalue weighted by atomic mass is 32.1. The second-order valence-corrected chi connectivity index (χ2v) is 13.8. The molecule has 256 valence electrons. The minimum Gasteiger partial charge on any atom is -0.482 e. The minimum atomic E-state index is -0.648. The molecule has 48 heavy (non-hydrogen) atoms. The Labute approximate surface area is 282 Å². The Hall–Kier alpha value is -4.79. The molecule has 14 nitrogen and oxygen atoms in total. The van der Waals surface area contributed by atoms with E-state index in [9.17, 15) is 24.0 Å². The monoisotopic (exact) mass is 679 g/mol. The molecule has 1 aromatic carbocycles. The molecule has 0 unspecified atom stereocenters. The summed E-state index contributed by atoms with van der Waals surface area (Å²) in [6, 6.07) is 3.53. The number of nitrogens with zero attached hydrogens (tertiary/aromatic N) is 4. The van der Waals surface area contributed by atoms with Crippen LogP contribution in [0.25, 0.3) is 0 Å². The average Bonchev–Trinajstić information content (AvgIpc) is 3.66. The lowest BCUT2D eigenvalue weighted by atomic mass is 10.0. The summed E-state index contributed by atoms with van der Waals surface area (Å²) in [6.07, 6.45) is 0. The van der Waals surface area contributed by atoms with Crippen molar-refractivity contribution in [3.05, 3.63) is 57.2 Å². The van der Waals surface area contributed by atoms with Gasteiger partial charge in [-0.05, 0) is 50.3 Å². The van der Waals surface area contributed by atoms with Crippen LogP contribution in [-0.4, -0.2) is 76.7 Å². The number of hydrogen-bond acceptors (Lipinski definition) is 10. The van der Waals surface area contributed by atoms with E-state index >= 15 is 0 Å². The lowest BCUT2D eigenvalue weighted by molar-refractivity contribution is -0.136. The van der Waals surface area contributed by atoms with Gasteiger partial charge in [0.2, 0.25) is 17.7 Å². The van der Waals surface area contributed by atoms with E-state index in [0.717, 1.165) is 5.56 Å². The predicted molar refractivity (Wildman–Crippen MR) is 177 cm³/mol. The molecular formula is C33H41N7O7S. The van der Waals surface area contributed by atoms with E-state index in [2.05, 4.69) is 25.9 Å². The molecule has 0 fully saturated rings. The third kappa shape index (κ3) is 7.51. The van der Waals surface area contributed by atoms with Gasteiger partial charge in [0.15, 0.2) is 12.3 Å². The van der Waals surface area contributed by atoms with Crippen molar-refractivity contribution in [1.29, 1.82) is 0 Å². The minimum absolute atomic E-state index is 0.0371. The highest BCUT2D eigenvalue weighted by Gasteiger charge is 2.33. The molecule has 2 aliphatic heterocycles. The highest BCUT2D eigenvalue weighted by molar-refractivity contribution is 7.09. The first-order valence-corrected chi connectivity index (χ1v) is 16.7. The molecule has 0 radical (unpaired) electrons. The Bertz CT molecular complexity index is 1730. The number of rotatable bonds is 4. The topological polar surface area (TPSA) is 176 Å². The first-order chi connectivity index (χ1) is 22.7. The molecule has 3 N–H and O–H groups in total. The van der Waals surface area contributed by atoms with Gasteiger partial charge in [0.25, 0.3) is 17.7 Å². The number of fused-ring (bicyclic) bond motifs is 5. The molecule has 2 aromatic heterocycles. The summed E-state index contributed by atoms with van der Waals surface area (Å²) < 4.78 is 11.4. The van der Waals surface area contributed by atoms with Crippen molar-refractivity contribution in [1.82, 2.24) is 30.8 Å². The van der Waals surface area contributed by atoms with Crippen LogP contribution in [0.15, 0.2) is 28.0 Å². The number of nitrogens with one attached hydrogen (secondary N) is 3. The molecule has 0 aliphatic carbocycles. The number of ether oxygens (including phenoxy) is 1. The van der Waals surface area contributed by atoms with Gasteiger partial charge in [-0.2, -0.15) is 0 Å². The summed E-state index contributed by atoms with van der Waals surface area (Å²) in [4.78, 5) is 78.8. The summed E-state index contributed by atoms with van der Waals surface area (Å²) in [5, 5.41) is 10.9. The smallest absolute Gasteiger partial charge is 0.273 e. The fourth-order valence-electron chi connectivity index (χ4n) is 5.57. The van der Waals surface area contributed by atoms with Crippen molar-refractivity contribution in [2.75, 3.05) is 31.1 Å². The Kier molecular flexibility index (Phi) is 10.2. The Morgan fingerprint density at radius 3 is 2.44 bits per heavy atom. The molecule has 4 heterocycles. The number of amides is 5. The highest BCUT2D eigenvalue weighted by Crippen LogP contribution is 2.33. The number of aryl methyl sites for hydroxylation is 2. The van der Waals surface area contributed by atoms with Gasteiger partial charge in [-0.3, -0.25) is 28.9 Å². The van der Waals surface area contributed by atoms with Crippen molar-refractivity contribution in [2.45, 2.75) is 66.6 Å². The van der Waals surface area contributed by atoms with Crippen LogP contribution >= 0.6 is 11.3 Å². The maximum atomic E-state index is 13.9. The summed E-state index contributed by atoms with van der Waals surface area (Å²) in [5.41, 5.74) is 1.55. The average molecular weight is 680 g/mol. The van der Waals surface area contributed by atoms with Gasteiger partial charge in [-0.25, -0.2) is 9.97 Å². The zero-order valence-electron chi connectivity index (χ0n) is 28.1. The van der Waals surface area contributed by atoms with E-state index in [1.807, 2.05) is 40.7 Å². The summed E-state index contributed by atoms with van der Waals surface area (Å²) >= 11 is 1.24. The number of anilines is 1. The van der Waals surface area contributed by atoms with Gasteiger partial charge < -0.3 is 30.0 Å².